The largest absolute Gasteiger partial charge is 0.381 e. The van der Waals surface area contributed by atoms with Gasteiger partial charge in [0.25, 0.3) is 11.8 Å². The number of anilines is 2. The van der Waals surface area contributed by atoms with Gasteiger partial charge in [-0.15, -0.1) is 0 Å². The van der Waals surface area contributed by atoms with Crippen LogP contribution >= 0.6 is 0 Å². The maximum atomic E-state index is 13.1. The highest BCUT2D eigenvalue weighted by Crippen LogP contribution is 2.37. The lowest BCUT2D eigenvalue weighted by atomic mass is 9.96. The Morgan fingerprint density at radius 3 is 2.53 bits per heavy atom. The summed E-state index contributed by atoms with van der Waals surface area (Å²) in [4.78, 5) is 53.1. The van der Waals surface area contributed by atoms with Gasteiger partial charge in [0.2, 0.25) is 11.8 Å². The lowest BCUT2D eigenvalue weighted by molar-refractivity contribution is -0.136. The zero-order valence-corrected chi connectivity index (χ0v) is 18.0. The molecule has 8 nitrogen and oxygen atoms in total. The van der Waals surface area contributed by atoms with Crippen molar-refractivity contribution in [2.45, 2.75) is 44.8 Å². The van der Waals surface area contributed by atoms with Crippen LogP contribution in [-0.4, -0.2) is 46.7 Å². The third-order valence-corrected chi connectivity index (χ3v) is 6.48. The fourth-order valence-corrected chi connectivity index (χ4v) is 4.69. The number of benzene rings is 2. The van der Waals surface area contributed by atoms with E-state index in [1.165, 1.54) is 0 Å². The van der Waals surface area contributed by atoms with E-state index in [-0.39, 0.29) is 24.3 Å². The van der Waals surface area contributed by atoms with Crippen LogP contribution in [0.5, 0.6) is 0 Å². The summed E-state index contributed by atoms with van der Waals surface area (Å²) < 4.78 is 0. The highest BCUT2D eigenvalue weighted by Gasteiger charge is 2.44. The van der Waals surface area contributed by atoms with Gasteiger partial charge in [0.15, 0.2) is 0 Å². The Labute approximate surface area is 185 Å². The van der Waals surface area contributed by atoms with E-state index in [1.807, 2.05) is 24.3 Å². The first-order chi connectivity index (χ1) is 15.3. The van der Waals surface area contributed by atoms with Crippen molar-refractivity contribution in [2.75, 3.05) is 16.8 Å². The SMILES string of the molecule is CC1(C)CNc2ccccc2N1Cc1ccc2c(c1)C(=O)N(C1CCC(=O)NC1=O)C2=O. The summed E-state index contributed by atoms with van der Waals surface area (Å²) in [5.41, 5.74) is 3.48. The number of nitrogens with zero attached hydrogens (tertiary/aromatic N) is 2. The second-order valence-corrected chi connectivity index (χ2v) is 9.10. The highest BCUT2D eigenvalue weighted by atomic mass is 16.2. The number of amides is 4. The van der Waals surface area contributed by atoms with Gasteiger partial charge in [-0.1, -0.05) is 18.2 Å². The molecule has 3 aliphatic heterocycles. The molecule has 0 aliphatic carbocycles. The molecule has 0 saturated carbocycles. The number of hydrogen-bond acceptors (Lipinski definition) is 6. The molecule has 1 atom stereocenters. The van der Waals surface area contributed by atoms with E-state index in [2.05, 4.69) is 35.4 Å². The summed E-state index contributed by atoms with van der Waals surface area (Å²) in [6, 6.07) is 12.4. The van der Waals surface area contributed by atoms with Crippen LogP contribution in [0.25, 0.3) is 0 Å². The first-order valence-corrected chi connectivity index (χ1v) is 10.7. The minimum atomic E-state index is -0.956. The number of piperidine rings is 1. The summed E-state index contributed by atoms with van der Waals surface area (Å²) in [5, 5.41) is 5.69. The minimum absolute atomic E-state index is 0.104. The number of carbonyl (C=O) groups is 4. The molecule has 0 radical (unpaired) electrons. The van der Waals surface area contributed by atoms with Crippen molar-refractivity contribution < 1.29 is 19.2 Å². The molecule has 2 aromatic carbocycles. The van der Waals surface area contributed by atoms with E-state index >= 15 is 0 Å². The lowest BCUT2D eigenvalue weighted by Crippen LogP contribution is -2.54. The second kappa shape index (κ2) is 7.19. The molecule has 4 amide bonds. The Kier molecular flexibility index (Phi) is 4.54. The first-order valence-electron chi connectivity index (χ1n) is 10.7. The summed E-state index contributed by atoms with van der Waals surface area (Å²) in [6.07, 6.45) is 0.251. The number of hydrogen-bond donors (Lipinski definition) is 2. The Morgan fingerprint density at radius 1 is 1.00 bits per heavy atom. The predicted molar refractivity (Wildman–Crippen MR) is 118 cm³/mol. The Balaban J connectivity index is 1.45. The second-order valence-electron chi connectivity index (χ2n) is 9.10. The number of nitrogens with one attached hydrogen (secondary N) is 2. The van der Waals surface area contributed by atoms with Crippen LogP contribution in [0.2, 0.25) is 0 Å². The molecule has 1 unspecified atom stereocenters. The molecule has 1 fully saturated rings. The van der Waals surface area contributed by atoms with Crippen molar-refractivity contribution in [1.29, 1.82) is 0 Å². The van der Waals surface area contributed by atoms with Crippen molar-refractivity contribution in [3.05, 3.63) is 59.2 Å². The zero-order valence-electron chi connectivity index (χ0n) is 18.0. The lowest BCUT2D eigenvalue weighted by Gasteiger charge is -2.45. The van der Waals surface area contributed by atoms with Gasteiger partial charge in [-0.2, -0.15) is 0 Å². The molecule has 2 N–H and O–H groups in total. The third kappa shape index (κ3) is 3.14. The smallest absolute Gasteiger partial charge is 0.262 e. The van der Waals surface area contributed by atoms with Crippen molar-refractivity contribution in [2.24, 2.45) is 0 Å². The van der Waals surface area contributed by atoms with E-state index in [1.54, 1.807) is 12.1 Å². The van der Waals surface area contributed by atoms with Crippen LogP contribution in [-0.2, 0) is 16.1 Å². The Morgan fingerprint density at radius 2 is 1.75 bits per heavy atom. The number of imide groups is 2. The topological polar surface area (TPSA) is 98.8 Å². The number of rotatable bonds is 3. The average molecular weight is 432 g/mol. The summed E-state index contributed by atoms with van der Waals surface area (Å²) in [7, 11) is 0. The van der Waals surface area contributed by atoms with Crippen LogP contribution in [0, 0.1) is 0 Å². The van der Waals surface area contributed by atoms with Crippen LogP contribution in [0.3, 0.4) is 0 Å². The Hall–Kier alpha value is -3.68. The van der Waals surface area contributed by atoms with E-state index in [0.29, 0.717) is 17.7 Å². The van der Waals surface area contributed by atoms with Crippen molar-refractivity contribution in [3.63, 3.8) is 0 Å². The molecule has 0 aromatic heterocycles. The van der Waals surface area contributed by atoms with Gasteiger partial charge in [-0.05, 0) is 50.1 Å². The van der Waals surface area contributed by atoms with Crippen molar-refractivity contribution in [1.82, 2.24) is 10.2 Å². The maximum absolute atomic E-state index is 13.1. The fourth-order valence-electron chi connectivity index (χ4n) is 4.69. The third-order valence-electron chi connectivity index (χ3n) is 6.48. The summed E-state index contributed by atoms with van der Waals surface area (Å²) in [6.45, 7) is 5.65. The molecule has 2 aromatic rings. The van der Waals surface area contributed by atoms with E-state index < -0.39 is 23.8 Å². The zero-order chi connectivity index (χ0) is 22.6. The monoisotopic (exact) mass is 432 g/mol. The Bertz CT molecular complexity index is 1170. The van der Waals surface area contributed by atoms with Gasteiger partial charge in [0, 0.05) is 19.5 Å². The van der Waals surface area contributed by atoms with Gasteiger partial charge in [0.05, 0.1) is 28.0 Å². The number of para-hydroxylation sites is 2. The number of fused-ring (bicyclic) bond motifs is 2. The molecule has 164 valence electrons. The predicted octanol–water partition coefficient (Wildman–Crippen LogP) is 2.30. The molecule has 1 saturated heterocycles. The molecule has 0 spiro atoms. The van der Waals surface area contributed by atoms with Gasteiger partial charge in [-0.3, -0.25) is 29.4 Å². The van der Waals surface area contributed by atoms with Crippen LogP contribution in [0.15, 0.2) is 42.5 Å². The molecule has 32 heavy (non-hydrogen) atoms. The first kappa shape index (κ1) is 20.2. The van der Waals surface area contributed by atoms with Crippen LogP contribution < -0.4 is 15.5 Å². The van der Waals surface area contributed by atoms with Gasteiger partial charge >= 0.3 is 0 Å². The molecule has 3 aliphatic rings. The normalized spacial score (nSPS) is 21.8. The summed E-state index contributed by atoms with van der Waals surface area (Å²) in [5.74, 6) is -1.96. The molecule has 5 rings (SSSR count). The fraction of sp³-hybridized carbons (Fsp3) is 0.333. The van der Waals surface area contributed by atoms with Crippen molar-refractivity contribution >= 4 is 35.0 Å². The van der Waals surface area contributed by atoms with Gasteiger partial charge < -0.3 is 10.2 Å². The minimum Gasteiger partial charge on any atom is -0.381 e. The molecular weight excluding hydrogens is 408 g/mol. The quantitative estimate of drug-likeness (QED) is 0.723. The van der Waals surface area contributed by atoms with E-state index in [4.69, 9.17) is 0 Å². The molecular formula is C24H24N4O4. The maximum Gasteiger partial charge on any atom is 0.262 e. The summed E-state index contributed by atoms with van der Waals surface area (Å²) >= 11 is 0. The van der Waals surface area contributed by atoms with E-state index in [0.717, 1.165) is 28.4 Å². The van der Waals surface area contributed by atoms with E-state index in [9.17, 15) is 19.2 Å². The number of carbonyl (C=O) groups excluding carboxylic acids is 4. The molecule has 0 bridgehead atoms. The van der Waals surface area contributed by atoms with Crippen LogP contribution in [0.1, 0.15) is 53.0 Å². The van der Waals surface area contributed by atoms with Gasteiger partial charge in [-0.25, -0.2) is 0 Å². The standard InChI is InChI=1S/C24H24N4O4/c1-24(2)13-25-17-5-3-4-6-18(17)27(24)12-14-7-8-15-16(11-14)23(32)28(22(15)31)19-9-10-20(29)26-21(19)30/h3-8,11,19,25H,9-10,12-13H2,1-2H3,(H,26,29,30). The van der Waals surface area contributed by atoms with Crippen molar-refractivity contribution in [3.8, 4) is 0 Å². The molecule has 8 heteroatoms. The van der Waals surface area contributed by atoms with Crippen LogP contribution in [0.4, 0.5) is 11.4 Å². The van der Waals surface area contributed by atoms with Gasteiger partial charge in [0.1, 0.15) is 6.04 Å². The average Bonchev–Trinajstić information content (AvgIpc) is 3.00. The highest BCUT2D eigenvalue weighted by molar-refractivity contribution is 6.23. The molecule has 3 heterocycles.